The van der Waals surface area contributed by atoms with E-state index in [-0.39, 0.29) is 18.9 Å². The lowest BCUT2D eigenvalue weighted by atomic mass is 10.2. The summed E-state index contributed by atoms with van der Waals surface area (Å²) in [6.07, 6.45) is 0.827. The van der Waals surface area contributed by atoms with Gasteiger partial charge in [-0.15, -0.1) is 0 Å². The molecule has 0 bridgehead atoms. The summed E-state index contributed by atoms with van der Waals surface area (Å²) in [5.74, 6) is -0.425. The Labute approximate surface area is 123 Å². The Kier molecular flexibility index (Phi) is 5.57. The summed E-state index contributed by atoms with van der Waals surface area (Å²) in [4.78, 5) is 24.5. The Morgan fingerprint density at radius 2 is 2.10 bits per heavy atom. The van der Waals surface area contributed by atoms with Gasteiger partial charge in [0.25, 0.3) is 0 Å². The van der Waals surface area contributed by atoms with Crippen LogP contribution < -0.4 is 4.74 Å². The summed E-state index contributed by atoms with van der Waals surface area (Å²) in [6, 6.07) is 8.49. The average molecular weight is 293 g/mol. The molecule has 1 atom stereocenters. The van der Waals surface area contributed by atoms with Crippen LogP contribution in [-0.2, 0) is 14.3 Å². The van der Waals surface area contributed by atoms with E-state index in [0.29, 0.717) is 26.2 Å². The molecule has 0 spiro atoms. The zero-order valence-electron chi connectivity index (χ0n) is 11.7. The highest BCUT2D eigenvalue weighted by Crippen LogP contribution is 2.12. The first-order valence-corrected chi connectivity index (χ1v) is 6.96. The fourth-order valence-corrected chi connectivity index (χ4v) is 2.18. The van der Waals surface area contributed by atoms with Crippen LogP contribution in [0.5, 0.6) is 5.75 Å². The van der Waals surface area contributed by atoms with Crippen LogP contribution in [0, 0.1) is 0 Å². The van der Waals surface area contributed by atoms with Crippen LogP contribution in [-0.4, -0.2) is 54.3 Å². The number of hydrogen-bond donors (Lipinski definition) is 1. The molecule has 1 N–H and O–H groups in total. The minimum atomic E-state index is -1.02. The van der Waals surface area contributed by atoms with Gasteiger partial charge in [-0.05, 0) is 18.6 Å². The number of ether oxygens (including phenoxy) is 2. The number of hydrogen-bond acceptors (Lipinski definition) is 4. The molecule has 1 aliphatic rings. The number of aliphatic carboxylic acids is 1. The maximum atomic E-state index is 12.1. The predicted molar refractivity (Wildman–Crippen MR) is 75.1 cm³/mol. The highest BCUT2D eigenvalue weighted by molar-refractivity contribution is 5.83. The fourth-order valence-electron chi connectivity index (χ4n) is 2.18. The number of carbonyl (C=O) groups is 2. The number of para-hydroxylation sites is 1. The molecule has 6 heteroatoms. The van der Waals surface area contributed by atoms with Gasteiger partial charge in [0.2, 0.25) is 5.91 Å². The van der Waals surface area contributed by atoms with Gasteiger partial charge in [0.05, 0.1) is 19.8 Å². The topological polar surface area (TPSA) is 76.1 Å². The lowest BCUT2D eigenvalue weighted by Gasteiger charge is -2.32. The van der Waals surface area contributed by atoms with Gasteiger partial charge in [-0.3, -0.25) is 4.79 Å². The smallest absolute Gasteiger partial charge is 0.328 e. The van der Waals surface area contributed by atoms with Gasteiger partial charge in [-0.1, -0.05) is 18.2 Å². The number of amides is 1. The summed E-state index contributed by atoms with van der Waals surface area (Å²) in [6.45, 7) is 1.20. The molecule has 2 rings (SSSR count). The SMILES string of the molecule is O=C(O)[C@H]1COCCN1C(=O)CCCOc1ccccc1. The zero-order valence-corrected chi connectivity index (χ0v) is 11.7. The van der Waals surface area contributed by atoms with E-state index in [2.05, 4.69) is 0 Å². The number of carboxylic acid groups (broad SMARTS) is 1. The van der Waals surface area contributed by atoms with Gasteiger partial charge in [0.1, 0.15) is 5.75 Å². The van der Waals surface area contributed by atoms with E-state index in [4.69, 9.17) is 14.6 Å². The third-order valence-electron chi connectivity index (χ3n) is 3.28. The Morgan fingerprint density at radius 1 is 1.33 bits per heavy atom. The number of rotatable bonds is 6. The summed E-state index contributed by atoms with van der Waals surface area (Å²) in [7, 11) is 0. The number of benzene rings is 1. The molecule has 6 nitrogen and oxygen atoms in total. The molecule has 114 valence electrons. The van der Waals surface area contributed by atoms with Crippen LogP contribution in [0.25, 0.3) is 0 Å². The van der Waals surface area contributed by atoms with Crippen molar-refractivity contribution in [1.29, 1.82) is 0 Å². The first-order valence-electron chi connectivity index (χ1n) is 6.96. The van der Waals surface area contributed by atoms with E-state index in [0.717, 1.165) is 5.75 Å². The molecule has 0 aromatic heterocycles. The maximum absolute atomic E-state index is 12.1. The number of carbonyl (C=O) groups excluding carboxylic acids is 1. The van der Waals surface area contributed by atoms with Crippen molar-refractivity contribution in [3.8, 4) is 5.75 Å². The molecule has 1 heterocycles. The second-order valence-electron chi connectivity index (χ2n) is 4.78. The average Bonchev–Trinajstić information content (AvgIpc) is 2.52. The van der Waals surface area contributed by atoms with E-state index >= 15 is 0 Å². The number of carboxylic acids is 1. The Bertz CT molecular complexity index is 476. The molecule has 0 aliphatic carbocycles. The third kappa shape index (κ3) is 4.46. The molecule has 1 aromatic rings. The van der Waals surface area contributed by atoms with Gasteiger partial charge < -0.3 is 19.5 Å². The standard InChI is InChI=1S/C15H19NO5/c17-14(16-8-10-20-11-13(16)15(18)19)7-4-9-21-12-5-2-1-3-6-12/h1-3,5-6,13H,4,7-11H2,(H,18,19)/t13-/m1/s1. The number of morpholine rings is 1. The lowest BCUT2D eigenvalue weighted by molar-refractivity contribution is -0.158. The zero-order chi connectivity index (χ0) is 15.1. The van der Waals surface area contributed by atoms with Crippen LogP contribution in [0.15, 0.2) is 30.3 Å². The van der Waals surface area contributed by atoms with E-state index in [1.54, 1.807) is 0 Å². The quantitative estimate of drug-likeness (QED) is 0.796. The van der Waals surface area contributed by atoms with Crippen molar-refractivity contribution in [3.05, 3.63) is 30.3 Å². The van der Waals surface area contributed by atoms with Crippen molar-refractivity contribution in [2.75, 3.05) is 26.4 Å². The van der Waals surface area contributed by atoms with Crippen LogP contribution in [0.4, 0.5) is 0 Å². The highest BCUT2D eigenvalue weighted by Gasteiger charge is 2.32. The van der Waals surface area contributed by atoms with Gasteiger partial charge in [-0.25, -0.2) is 4.79 Å². The van der Waals surface area contributed by atoms with E-state index in [9.17, 15) is 9.59 Å². The first kappa shape index (κ1) is 15.3. The van der Waals surface area contributed by atoms with Crippen LogP contribution >= 0.6 is 0 Å². The molecular formula is C15H19NO5. The summed E-state index contributed by atoms with van der Waals surface area (Å²) in [5.41, 5.74) is 0. The van der Waals surface area contributed by atoms with Crippen LogP contribution in [0.3, 0.4) is 0 Å². The minimum absolute atomic E-state index is 0.0571. The molecule has 0 radical (unpaired) electrons. The highest BCUT2D eigenvalue weighted by atomic mass is 16.5. The molecule has 1 fully saturated rings. The summed E-state index contributed by atoms with van der Waals surface area (Å²) >= 11 is 0. The third-order valence-corrected chi connectivity index (χ3v) is 3.28. The summed E-state index contributed by atoms with van der Waals surface area (Å²) < 4.78 is 10.6. The van der Waals surface area contributed by atoms with Crippen molar-refractivity contribution < 1.29 is 24.2 Å². The van der Waals surface area contributed by atoms with Crippen LogP contribution in [0.1, 0.15) is 12.8 Å². The Morgan fingerprint density at radius 3 is 2.81 bits per heavy atom. The van der Waals surface area contributed by atoms with Crippen molar-refractivity contribution >= 4 is 11.9 Å². The molecule has 1 aliphatic heterocycles. The van der Waals surface area contributed by atoms with Gasteiger partial charge in [-0.2, -0.15) is 0 Å². The van der Waals surface area contributed by atoms with Crippen molar-refractivity contribution in [2.45, 2.75) is 18.9 Å². The normalized spacial score (nSPS) is 18.3. The largest absolute Gasteiger partial charge is 0.494 e. The molecule has 1 aromatic carbocycles. The number of nitrogens with zero attached hydrogens (tertiary/aromatic N) is 1. The second kappa shape index (κ2) is 7.64. The summed E-state index contributed by atoms with van der Waals surface area (Å²) in [5, 5.41) is 9.08. The fraction of sp³-hybridized carbons (Fsp3) is 0.467. The van der Waals surface area contributed by atoms with Gasteiger partial charge in [0, 0.05) is 13.0 Å². The minimum Gasteiger partial charge on any atom is -0.494 e. The van der Waals surface area contributed by atoms with Crippen LogP contribution in [0.2, 0.25) is 0 Å². The molecule has 1 amide bonds. The molecule has 0 unspecified atom stereocenters. The van der Waals surface area contributed by atoms with E-state index < -0.39 is 12.0 Å². The van der Waals surface area contributed by atoms with Gasteiger partial charge in [0.15, 0.2) is 6.04 Å². The molecular weight excluding hydrogens is 274 g/mol. The Balaban J connectivity index is 1.74. The van der Waals surface area contributed by atoms with Gasteiger partial charge >= 0.3 is 5.97 Å². The Hall–Kier alpha value is -2.08. The monoisotopic (exact) mass is 293 g/mol. The van der Waals surface area contributed by atoms with Crippen molar-refractivity contribution in [2.24, 2.45) is 0 Å². The van der Waals surface area contributed by atoms with E-state index in [1.165, 1.54) is 4.90 Å². The van der Waals surface area contributed by atoms with Crippen molar-refractivity contribution in [1.82, 2.24) is 4.90 Å². The lowest BCUT2D eigenvalue weighted by Crippen LogP contribution is -2.52. The predicted octanol–water partition coefficient (Wildman–Crippen LogP) is 1.16. The first-order chi connectivity index (χ1) is 10.2. The van der Waals surface area contributed by atoms with E-state index in [1.807, 2.05) is 30.3 Å². The second-order valence-corrected chi connectivity index (χ2v) is 4.78. The maximum Gasteiger partial charge on any atom is 0.328 e. The molecule has 21 heavy (non-hydrogen) atoms. The van der Waals surface area contributed by atoms with Crippen molar-refractivity contribution in [3.63, 3.8) is 0 Å². The molecule has 1 saturated heterocycles. The molecule has 0 saturated carbocycles.